The van der Waals surface area contributed by atoms with Gasteiger partial charge in [0.2, 0.25) is 5.95 Å². The van der Waals surface area contributed by atoms with E-state index in [9.17, 15) is 0 Å². The van der Waals surface area contributed by atoms with E-state index < -0.39 is 0 Å². The van der Waals surface area contributed by atoms with Gasteiger partial charge in [-0.3, -0.25) is 4.90 Å². The van der Waals surface area contributed by atoms with Crippen molar-refractivity contribution in [3.63, 3.8) is 0 Å². The van der Waals surface area contributed by atoms with E-state index in [1.54, 1.807) is 0 Å². The maximum absolute atomic E-state index is 4.51. The number of rotatable bonds is 3. The molecule has 1 aromatic heterocycles. The van der Waals surface area contributed by atoms with E-state index in [4.69, 9.17) is 0 Å². The zero-order valence-electron chi connectivity index (χ0n) is 12.4. The maximum atomic E-state index is 4.51. The third-order valence-electron chi connectivity index (χ3n) is 5.30. The third kappa shape index (κ3) is 2.20. The smallest absolute Gasteiger partial charge is 0.225 e. The monoisotopic (exact) mass is 272 g/mol. The fourth-order valence-electron chi connectivity index (χ4n) is 3.93. The van der Waals surface area contributed by atoms with Crippen molar-refractivity contribution >= 4 is 5.95 Å². The molecule has 3 heterocycles. The van der Waals surface area contributed by atoms with Gasteiger partial charge in [0.25, 0.3) is 0 Å². The van der Waals surface area contributed by atoms with Gasteiger partial charge in [0, 0.05) is 37.6 Å². The molecule has 1 aromatic rings. The van der Waals surface area contributed by atoms with Crippen molar-refractivity contribution in [1.29, 1.82) is 0 Å². The lowest BCUT2D eigenvalue weighted by molar-refractivity contribution is 0.151. The fraction of sp³-hybridized carbons (Fsp3) is 0.750. The summed E-state index contributed by atoms with van der Waals surface area (Å²) in [6.45, 7) is 6.93. The minimum absolute atomic E-state index is 0.427. The number of hydrogen-bond donors (Lipinski definition) is 0. The zero-order valence-corrected chi connectivity index (χ0v) is 12.4. The van der Waals surface area contributed by atoms with Crippen LogP contribution in [0.1, 0.15) is 37.7 Å². The van der Waals surface area contributed by atoms with Crippen molar-refractivity contribution in [2.45, 2.75) is 44.6 Å². The molecular formula is C16H24N4. The van der Waals surface area contributed by atoms with E-state index in [2.05, 4.69) is 19.8 Å². The van der Waals surface area contributed by atoms with Crippen LogP contribution in [0, 0.1) is 12.8 Å². The van der Waals surface area contributed by atoms with Gasteiger partial charge in [0.1, 0.15) is 0 Å². The molecule has 0 radical (unpaired) electrons. The third-order valence-corrected chi connectivity index (χ3v) is 5.30. The SMILES string of the molecule is Cc1cnc(N2CC[C@]3(CCCN3CC3CC3)C2)nc1. The summed E-state index contributed by atoms with van der Waals surface area (Å²) in [5.41, 5.74) is 1.57. The first-order valence-corrected chi connectivity index (χ1v) is 8.04. The summed E-state index contributed by atoms with van der Waals surface area (Å²) in [4.78, 5) is 14.2. The molecule has 3 aliphatic rings. The quantitative estimate of drug-likeness (QED) is 0.845. The number of aryl methyl sites for hydroxylation is 1. The van der Waals surface area contributed by atoms with Gasteiger partial charge in [0.15, 0.2) is 0 Å². The van der Waals surface area contributed by atoms with E-state index in [-0.39, 0.29) is 0 Å². The average Bonchev–Trinajstić information content (AvgIpc) is 3.04. The molecule has 1 saturated carbocycles. The van der Waals surface area contributed by atoms with E-state index in [1.165, 1.54) is 45.2 Å². The zero-order chi connectivity index (χ0) is 13.6. The summed E-state index contributed by atoms with van der Waals surface area (Å²) in [7, 11) is 0. The Morgan fingerprint density at radius 3 is 2.75 bits per heavy atom. The van der Waals surface area contributed by atoms with Crippen molar-refractivity contribution in [2.75, 3.05) is 31.1 Å². The van der Waals surface area contributed by atoms with Crippen LogP contribution in [-0.2, 0) is 0 Å². The lowest BCUT2D eigenvalue weighted by atomic mass is 9.95. The molecule has 2 saturated heterocycles. The van der Waals surface area contributed by atoms with Crippen LogP contribution in [-0.4, -0.2) is 46.6 Å². The number of hydrogen-bond acceptors (Lipinski definition) is 4. The summed E-state index contributed by atoms with van der Waals surface area (Å²) >= 11 is 0. The average molecular weight is 272 g/mol. The largest absolute Gasteiger partial charge is 0.339 e. The van der Waals surface area contributed by atoms with E-state index in [0.717, 1.165) is 30.5 Å². The number of aromatic nitrogens is 2. The Morgan fingerprint density at radius 1 is 1.20 bits per heavy atom. The van der Waals surface area contributed by atoms with Crippen LogP contribution in [0.2, 0.25) is 0 Å². The summed E-state index contributed by atoms with van der Waals surface area (Å²) < 4.78 is 0. The predicted octanol–water partition coefficient (Wildman–Crippen LogP) is 2.24. The highest BCUT2D eigenvalue weighted by Gasteiger charge is 2.47. The molecule has 0 aromatic carbocycles. The van der Waals surface area contributed by atoms with Crippen molar-refractivity contribution in [3.05, 3.63) is 18.0 Å². The first kappa shape index (κ1) is 12.6. The molecule has 0 amide bonds. The van der Waals surface area contributed by atoms with Gasteiger partial charge in [0.05, 0.1) is 0 Å². The molecule has 108 valence electrons. The Balaban J connectivity index is 1.49. The molecule has 0 unspecified atom stereocenters. The second kappa shape index (κ2) is 4.69. The molecule has 4 rings (SSSR count). The van der Waals surface area contributed by atoms with E-state index >= 15 is 0 Å². The minimum Gasteiger partial charge on any atom is -0.339 e. The molecule has 1 aliphatic carbocycles. The van der Waals surface area contributed by atoms with Gasteiger partial charge < -0.3 is 4.90 Å². The molecule has 4 heteroatoms. The van der Waals surface area contributed by atoms with Crippen molar-refractivity contribution < 1.29 is 0 Å². The highest BCUT2D eigenvalue weighted by molar-refractivity contribution is 5.34. The number of nitrogens with zero attached hydrogens (tertiary/aromatic N) is 4. The molecule has 4 nitrogen and oxygen atoms in total. The van der Waals surface area contributed by atoms with Crippen LogP contribution >= 0.6 is 0 Å². The maximum Gasteiger partial charge on any atom is 0.225 e. The second-order valence-electron chi connectivity index (χ2n) is 6.95. The van der Waals surface area contributed by atoms with Crippen LogP contribution in [0.5, 0.6) is 0 Å². The highest BCUT2D eigenvalue weighted by atomic mass is 15.3. The Morgan fingerprint density at radius 2 is 2.00 bits per heavy atom. The molecule has 1 spiro atoms. The van der Waals surface area contributed by atoms with Gasteiger partial charge in [-0.15, -0.1) is 0 Å². The van der Waals surface area contributed by atoms with Crippen molar-refractivity contribution in [3.8, 4) is 0 Å². The summed E-state index contributed by atoms with van der Waals surface area (Å²) in [6, 6.07) is 0. The summed E-state index contributed by atoms with van der Waals surface area (Å²) in [5.74, 6) is 1.92. The fourth-order valence-corrected chi connectivity index (χ4v) is 3.93. The van der Waals surface area contributed by atoms with Gasteiger partial charge in [-0.05, 0) is 57.1 Å². The summed E-state index contributed by atoms with van der Waals surface area (Å²) in [5, 5.41) is 0. The van der Waals surface area contributed by atoms with Gasteiger partial charge in [-0.1, -0.05) is 0 Å². The molecule has 3 fully saturated rings. The normalized spacial score (nSPS) is 30.6. The topological polar surface area (TPSA) is 32.3 Å². The number of anilines is 1. The number of likely N-dealkylation sites (tertiary alicyclic amines) is 1. The van der Waals surface area contributed by atoms with E-state index in [0.29, 0.717) is 5.54 Å². The lowest BCUT2D eigenvalue weighted by Gasteiger charge is -2.35. The summed E-state index contributed by atoms with van der Waals surface area (Å²) in [6.07, 6.45) is 10.8. The molecule has 1 atom stereocenters. The van der Waals surface area contributed by atoms with Crippen LogP contribution in [0.3, 0.4) is 0 Å². The molecule has 0 bridgehead atoms. The highest BCUT2D eigenvalue weighted by Crippen LogP contribution is 2.41. The molecule has 0 N–H and O–H groups in total. The van der Waals surface area contributed by atoms with Gasteiger partial charge in [-0.25, -0.2) is 9.97 Å². The van der Waals surface area contributed by atoms with Crippen molar-refractivity contribution in [2.24, 2.45) is 5.92 Å². The van der Waals surface area contributed by atoms with Crippen molar-refractivity contribution in [1.82, 2.24) is 14.9 Å². The standard InChI is InChI=1S/C16H24N4/c1-13-9-17-15(18-10-13)19-8-6-16(12-19)5-2-7-20(16)11-14-3-4-14/h9-10,14H,2-8,11-12H2,1H3/t16-/m1/s1. The van der Waals surface area contributed by atoms with Crippen LogP contribution in [0.25, 0.3) is 0 Å². The Labute approximate surface area is 121 Å². The second-order valence-corrected chi connectivity index (χ2v) is 6.95. The Kier molecular flexibility index (Phi) is 2.95. The van der Waals surface area contributed by atoms with E-state index in [1.807, 2.05) is 19.3 Å². The molecular weight excluding hydrogens is 248 g/mol. The minimum atomic E-state index is 0.427. The first-order chi connectivity index (χ1) is 9.75. The van der Waals surface area contributed by atoms with Crippen LogP contribution in [0.15, 0.2) is 12.4 Å². The van der Waals surface area contributed by atoms with Gasteiger partial charge >= 0.3 is 0 Å². The Hall–Kier alpha value is -1.16. The van der Waals surface area contributed by atoms with Crippen LogP contribution in [0.4, 0.5) is 5.95 Å². The van der Waals surface area contributed by atoms with Crippen LogP contribution < -0.4 is 4.90 Å². The molecule has 2 aliphatic heterocycles. The first-order valence-electron chi connectivity index (χ1n) is 8.04. The van der Waals surface area contributed by atoms with Gasteiger partial charge in [-0.2, -0.15) is 0 Å². The lowest BCUT2D eigenvalue weighted by Crippen LogP contribution is -2.47. The Bertz CT molecular complexity index is 482. The predicted molar refractivity (Wildman–Crippen MR) is 79.9 cm³/mol. The molecule has 20 heavy (non-hydrogen) atoms.